The van der Waals surface area contributed by atoms with E-state index in [1.165, 1.54) is 18.4 Å². The molecule has 0 saturated heterocycles. The summed E-state index contributed by atoms with van der Waals surface area (Å²) in [4.78, 5) is 24.6. The summed E-state index contributed by atoms with van der Waals surface area (Å²) in [5, 5.41) is 4.88. The zero-order valence-electron chi connectivity index (χ0n) is 11.6. The highest BCUT2D eigenvalue weighted by Crippen LogP contribution is 2.27. The van der Waals surface area contributed by atoms with Gasteiger partial charge in [-0.15, -0.1) is 11.3 Å². The molecular formula is C15H14ClNO3S. The summed E-state index contributed by atoms with van der Waals surface area (Å²) in [6, 6.07) is 8.06. The molecule has 1 unspecified atom stereocenters. The number of benzene rings is 1. The molecule has 0 fully saturated rings. The van der Waals surface area contributed by atoms with Gasteiger partial charge in [0.1, 0.15) is 4.88 Å². The van der Waals surface area contributed by atoms with Gasteiger partial charge >= 0.3 is 5.97 Å². The van der Waals surface area contributed by atoms with Crippen LogP contribution in [0.5, 0.6) is 0 Å². The van der Waals surface area contributed by atoms with Gasteiger partial charge in [-0.1, -0.05) is 41.9 Å². The maximum atomic E-state index is 12.3. The summed E-state index contributed by atoms with van der Waals surface area (Å²) in [5.41, 5.74) is 1.49. The fraction of sp³-hybridized carbons (Fsp3) is 0.200. The minimum atomic E-state index is -0.859. The number of hydrogen-bond acceptors (Lipinski definition) is 4. The zero-order chi connectivity index (χ0) is 15.4. The highest BCUT2D eigenvalue weighted by Gasteiger charge is 2.25. The minimum absolute atomic E-state index is 0.388. The Balaban J connectivity index is 2.26. The fourth-order valence-electron chi connectivity index (χ4n) is 1.82. The van der Waals surface area contributed by atoms with Crippen molar-refractivity contribution >= 4 is 34.8 Å². The number of thiophene rings is 1. The molecule has 110 valence electrons. The summed E-state index contributed by atoms with van der Waals surface area (Å²) in [6.07, 6.45) is 0. The van der Waals surface area contributed by atoms with Crippen LogP contribution in [0.25, 0.3) is 0 Å². The van der Waals surface area contributed by atoms with Crippen molar-refractivity contribution in [3.63, 3.8) is 0 Å². The van der Waals surface area contributed by atoms with Gasteiger partial charge in [0.15, 0.2) is 6.04 Å². The van der Waals surface area contributed by atoms with Crippen molar-refractivity contribution in [2.75, 3.05) is 7.11 Å². The topological polar surface area (TPSA) is 55.4 Å². The number of rotatable bonds is 4. The summed E-state index contributed by atoms with van der Waals surface area (Å²) in [7, 11) is 1.28. The number of hydrogen-bond donors (Lipinski definition) is 1. The van der Waals surface area contributed by atoms with Gasteiger partial charge in [-0.3, -0.25) is 4.79 Å². The lowest BCUT2D eigenvalue weighted by atomic mass is 10.1. The first-order valence-electron chi connectivity index (χ1n) is 6.21. The van der Waals surface area contributed by atoms with Gasteiger partial charge in [0.2, 0.25) is 0 Å². The molecule has 1 aromatic carbocycles. The summed E-state index contributed by atoms with van der Waals surface area (Å²) >= 11 is 7.32. The van der Waals surface area contributed by atoms with Crippen LogP contribution >= 0.6 is 22.9 Å². The standard InChI is InChI=1S/C15H14ClNO3S/c1-9-8-21-13(11(9)16)14(18)17-12(15(19)20-2)10-6-4-3-5-7-10/h3-8,12H,1-2H3,(H,17,18). The van der Waals surface area contributed by atoms with E-state index in [0.29, 0.717) is 15.5 Å². The van der Waals surface area contributed by atoms with Crippen molar-refractivity contribution in [3.05, 3.63) is 56.7 Å². The lowest BCUT2D eigenvalue weighted by Gasteiger charge is -2.16. The number of nitrogens with one attached hydrogen (secondary N) is 1. The first-order valence-corrected chi connectivity index (χ1v) is 7.47. The monoisotopic (exact) mass is 323 g/mol. The Bertz CT molecular complexity index is 654. The first kappa shape index (κ1) is 15.5. The predicted octanol–water partition coefficient (Wildman–Crippen LogP) is 3.35. The molecule has 1 aromatic heterocycles. The van der Waals surface area contributed by atoms with E-state index in [-0.39, 0.29) is 0 Å². The van der Waals surface area contributed by atoms with E-state index in [0.717, 1.165) is 5.56 Å². The molecule has 6 heteroatoms. The number of methoxy groups -OCH3 is 1. The van der Waals surface area contributed by atoms with Crippen molar-refractivity contribution in [1.29, 1.82) is 0 Å². The molecule has 0 saturated carbocycles. The van der Waals surface area contributed by atoms with Crippen LogP contribution in [0.2, 0.25) is 5.02 Å². The molecule has 1 N–H and O–H groups in total. The van der Waals surface area contributed by atoms with Crippen LogP contribution in [0.1, 0.15) is 26.8 Å². The van der Waals surface area contributed by atoms with Gasteiger partial charge in [0, 0.05) is 0 Å². The van der Waals surface area contributed by atoms with E-state index in [2.05, 4.69) is 5.32 Å². The molecule has 0 aliphatic heterocycles. The molecule has 0 radical (unpaired) electrons. The highest BCUT2D eigenvalue weighted by molar-refractivity contribution is 7.13. The molecule has 2 aromatic rings. The number of halogens is 1. The van der Waals surface area contributed by atoms with Gasteiger partial charge < -0.3 is 10.1 Å². The van der Waals surface area contributed by atoms with Gasteiger partial charge in [-0.05, 0) is 23.4 Å². The number of esters is 1. The largest absolute Gasteiger partial charge is 0.467 e. The van der Waals surface area contributed by atoms with E-state index in [1.54, 1.807) is 29.6 Å². The van der Waals surface area contributed by atoms with Gasteiger partial charge in [0.25, 0.3) is 5.91 Å². The van der Waals surface area contributed by atoms with Crippen molar-refractivity contribution in [1.82, 2.24) is 5.32 Å². The van der Waals surface area contributed by atoms with E-state index in [1.807, 2.05) is 13.0 Å². The second-order valence-corrected chi connectivity index (χ2v) is 5.66. The predicted molar refractivity (Wildman–Crippen MR) is 82.7 cm³/mol. The van der Waals surface area contributed by atoms with Gasteiger partial charge in [-0.25, -0.2) is 4.79 Å². The quantitative estimate of drug-likeness (QED) is 0.878. The molecule has 21 heavy (non-hydrogen) atoms. The van der Waals surface area contributed by atoms with E-state index >= 15 is 0 Å². The van der Waals surface area contributed by atoms with Gasteiger partial charge in [0.05, 0.1) is 12.1 Å². The minimum Gasteiger partial charge on any atom is -0.467 e. The van der Waals surface area contributed by atoms with Gasteiger partial charge in [-0.2, -0.15) is 0 Å². The number of aryl methyl sites for hydroxylation is 1. The second-order valence-electron chi connectivity index (χ2n) is 4.40. The van der Waals surface area contributed by atoms with Crippen LogP contribution in [0.4, 0.5) is 0 Å². The molecule has 0 aliphatic carbocycles. The van der Waals surface area contributed by atoms with E-state index in [4.69, 9.17) is 16.3 Å². The average Bonchev–Trinajstić information content (AvgIpc) is 2.84. The third-order valence-corrected chi connectivity index (χ3v) is 4.65. The molecule has 1 amide bonds. The Morgan fingerprint density at radius 3 is 2.48 bits per heavy atom. The Morgan fingerprint density at radius 2 is 1.95 bits per heavy atom. The summed E-state index contributed by atoms with van der Waals surface area (Å²) in [5.74, 6) is -0.920. The Hall–Kier alpha value is -1.85. The summed E-state index contributed by atoms with van der Waals surface area (Å²) in [6.45, 7) is 1.82. The maximum absolute atomic E-state index is 12.3. The lowest BCUT2D eigenvalue weighted by Crippen LogP contribution is -2.34. The lowest BCUT2D eigenvalue weighted by molar-refractivity contribution is -0.143. The Morgan fingerprint density at radius 1 is 1.29 bits per heavy atom. The SMILES string of the molecule is COC(=O)C(NC(=O)c1scc(C)c1Cl)c1ccccc1. The van der Waals surface area contributed by atoms with Crippen LogP contribution in [0.15, 0.2) is 35.7 Å². The highest BCUT2D eigenvalue weighted by atomic mass is 35.5. The van der Waals surface area contributed by atoms with Crippen LogP contribution < -0.4 is 5.32 Å². The molecule has 0 bridgehead atoms. The molecule has 0 spiro atoms. The second kappa shape index (κ2) is 6.74. The summed E-state index contributed by atoms with van der Waals surface area (Å²) < 4.78 is 4.76. The number of amides is 1. The number of carbonyl (C=O) groups excluding carboxylic acids is 2. The van der Waals surface area contributed by atoms with Crippen LogP contribution in [-0.2, 0) is 9.53 Å². The van der Waals surface area contributed by atoms with E-state index < -0.39 is 17.9 Å². The van der Waals surface area contributed by atoms with Crippen LogP contribution in [0.3, 0.4) is 0 Å². The Kier molecular flexibility index (Phi) is 4.98. The zero-order valence-corrected chi connectivity index (χ0v) is 13.1. The van der Waals surface area contributed by atoms with Crippen LogP contribution in [-0.4, -0.2) is 19.0 Å². The average molecular weight is 324 g/mol. The van der Waals surface area contributed by atoms with Crippen molar-refractivity contribution in [2.24, 2.45) is 0 Å². The third kappa shape index (κ3) is 3.43. The molecular weight excluding hydrogens is 310 g/mol. The smallest absolute Gasteiger partial charge is 0.333 e. The molecule has 1 heterocycles. The van der Waals surface area contributed by atoms with E-state index in [9.17, 15) is 9.59 Å². The Labute approximate surface area is 131 Å². The third-order valence-electron chi connectivity index (χ3n) is 2.95. The maximum Gasteiger partial charge on any atom is 0.333 e. The normalized spacial score (nSPS) is 11.8. The number of carbonyl (C=O) groups is 2. The van der Waals surface area contributed by atoms with Crippen LogP contribution in [0, 0.1) is 6.92 Å². The molecule has 0 aliphatic rings. The van der Waals surface area contributed by atoms with Crippen molar-refractivity contribution < 1.29 is 14.3 Å². The van der Waals surface area contributed by atoms with Crippen molar-refractivity contribution in [2.45, 2.75) is 13.0 Å². The molecule has 4 nitrogen and oxygen atoms in total. The molecule has 2 rings (SSSR count). The number of ether oxygens (including phenoxy) is 1. The first-order chi connectivity index (χ1) is 10.0. The van der Waals surface area contributed by atoms with Crippen molar-refractivity contribution in [3.8, 4) is 0 Å². The fourth-order valence-corrected chi connectivity index (χ4v) is 3.00. The molecule has 1 atom stereocenters.